The van der Waals surface area contributed by atoms with E-state index >= 15 is 0 Å². The van der Waals surface area contributed by atoms with E-state index in [0.29, 0.717) is 0 Å². The van der Waals surface area contributed by atoms with Crippen molar-refractivity contribution >= 4 is 0 Å². The highest BCUT2D eigenvalue weighted by atomic mass is 19.1. The fourth-order valence-corrected chi connectivity index (χ4v) is 2.75. The average Bonchev–Trinajstić information content (AvgIpc) is 2.42. The van der Waals surface area contributed by atoms with Gasteiger partial charge in [0.25, 0.3) is 0 Å². The van der Waals surface area contributed by atoms with Gasteiger partial charge in [0, 0.05) is 6.54 Å². The molecule has 3 heteroatoms. The van der Waals surface area contributed by atoms with Gasteiger partial charge in [0.05, 0.1) is 0 Å². The minimum absolute atomic E-state index is 0.123. The lowest BCUT2D eigenvalue weighted by Gasteiger charge is -2.32. The number of nitrogens with zero attached hydrogens (tertiary/aromatic N) is 1. The van der Waals surface area contributed by atoms with Crippen molar-refractivity contribution in [2.75, 3.05) is 26.2 Å². The fourth-order valence-electron chi connectivity index (χ4n) is 2.75. The van der Waals surface area contributed by atoms with E-state index in [9.17, 15) is 4.39 Å². The summed E-state index contributed by atoms with van der Waals surface area (Å²) in [6.45, 7) is 9.57. The molecule has 106 valence electrons. The molecule has 0 saturated carbocycles. The van der Waals surface area contributed by atoms with Gasteiger partial charge in [-0.05, 0) is 75.1 Å². The number of benzene rings is 1. The Kier molecular flexibility index (Phi) is 5.34. The molecule has 0 amide bonds. The van der Waals surface area contributed by atoms with Crippen molar-refractivity contribution in [1.82, 2.24) is 10.2 Å². The fraction of sp³-hybridized carbons (Fsp3) is 0.625. The summed E-state index contributed by atoms with van der Waals surface area (Å²) >= 11 is 0. The Balaban J connectivity index is 1.83. The van der Waals surface area contributed by atoms with Crippen LogP contribution in [0.1, 0.15) is 30.9 Å². The largest absolute Gasteiger partial charge is 0.317 e. The molecule has 1 aromatic carbocycles. The van der Waals surface area contributed by atoms with Gasteiger partial charge in [0.1, 0.15) is 5.82 Å². The summed E-state index contributed by atoms with van der Waals surface area (Å²) in [6, 6.07) is 5.10. The van der Waals surface area contributed by atoms with Crippen molar-refractivity contribution in [2.24, 2.45) is 5.92 Å². The van der Waals surface area contributed by atoms with E-state index in [-0.39, 0.29) is 5.82 Å². The summed E-state index contributed by atoms with van der Waals surface area (Å²) in [6.07, 6.45) is 2.50. The Morgan fingerprint density at radius 2 is 2.05 bits per heavy atom. The van der Waals surface area contributed by atoms with E-state index in [0.717, 1.165) is 44.2 Å². The molecule has 2 nitrogen and oxygen atoms in total. The van der Waals surface area contributed by atoms with Crippen LogP contribution in [-0.4, -0.2) is 31.1 Å². The lowest BCUT2D eigenvalue weighted by atomic mass is 9.96. The van der Waals surface area contributed by atoms with Crippen LogP contribution in [0.4, 0.5) is 4.39 Å². The Morgan fingerprint density at radius 3 is 2.74 bits per heavy atom. The molecule has 1 N–H and O–H groups in total. The molecule has 1 aliphatic rings. The zero-order valence-corrected chi connectivity index (χ0v) is 12.1. The van der Waals surface area contributed by atoms with Crippen molar-refractivity contribution in [2.45, 2.75) is 33.2 Å². The number of nitrogens with one attached hydrogen (secondary N) is 1. The van der Waals surface area contributed by atoms with Gasteiger partial charge in [-0.1, -0.05) is 13.0 Å². The number of likely N-dealkylation sites (tertiary alicyclic amines) is 1. The molecule has 2 rings (SSSR count). The first-order valence-corrected chi connectivity index (χ1v) is 7.37. The number of halogens is 1. The van der Waals surface area contributed by atoms with E-state index in [1.54, 1.807) is 12.1 Å². The van der Waals surface area contributed by atoms with E-state index in [4.69, 9.17) is 0 Å². The second-order valence-corrected chi connectivity index (χ2v) is 5.60. The van der Waals surface area contributed by atoms with E-state index in [2.05, 4.69) is 24.1 Å². The van der Waals surface area contributed by atoms with Crippen molar-refractivity contribution in [3.8, 4) is 0 Å². The maximum Gasteiger partial charge on any atom is 0.123 e. The van der Waals surface area contributed by atoms with Crippen LogP contribution in [0.25, 0.3) is 0 Å². The van der Waals surface area contributed by atoms with Crippen molar-refractivity contribution in [3.63, 3.8) is 0 Å². The predicted octanol–water partition coefficient (Wildman–Crippen LogP) is 2.96. The lowest BCUT2D eigenvalue weighted by molar-refractivity contribution is 0.175. The molecule has 0 radical (unpaired) electrons. The van der Waals surface area contributed by atoms with Crippen LogP contribution in [-0.2, 0) is 6.54 Å². The predicted molar refractivity (Wildman–Crippen MR) is 77.7 cm³/mol. The molecule has 1 fully saturated rings. The second kappa shape index (κ2) is 7.01. The van der Waals surface area contributed by atoms with Crippen LogP contribution in [0, 0.1) is 18.7 Å². The van der Waals surface area contributed by atoms with E-state index < -0.39 is 0 Å². The van der Waals surface area contributed by atoms with Crippen LogP contribution < -0.4 is 5.32 Å². The van der Waals surface area contributed by atoms with Gasteiger partial charge in [-0.15, -0.1) is 0 Å². The monoisotopic (exact) mass is 264 g/mol. The Labute approximate surface area is 116 Å². The Bertz CT molecular complexity index is 398. The molecule has 19 heavy (non-hydrogen) atoms. The van der Waals surface area contributed by atoms with Crippen molar-refractivity contribution < 1.29 is 4.39 Å². The van der Waals surface area contributed by atoms with Gasteiger partial charge in [-0.25, -0.2) is 4.39 Å². The summed E-state index contributed by atoms with van der Waals surface area (Å²) < 4.78 is 13.3. The van der Waals surface area contributed by atoms with Gasteiger partial charge in [-0.3, -0.25) is 4.90 Å². The second-order valence-electron chi connectivity index (χ2n) is 5.60. The molecule has 0 atom stereocenters. The lowest BCUT2D eigenvalue weighted by Crippen LogP contribution is -2.37. The summed E-state index contributed by atoms with van der Waals surface area (Å²) in [4.78, 5) is 2.45. The van der Waals surface area contributed by atoms with Crippen LogP contribution in [0.2, 0.25) is 0 Å². The summed E-state index contributed by atoms with van der Waals surface area (Å²) in [5.74, 6) is 0.687. The summed E-state index contributed by atoms with van der Waals surface area (Å²) in [5.41, 5.74) is 2.32. The third kappa shape index (κ3) is 4.29. The van der Waals surface area contributed by atoms with E-state index in [1.807, 2.05) is 6.07 Å². The molecular formula is C16H25FN2. The molecule has 0 aromatic heterocycles. The number of hydrogen-bond acceptors (Lipinski definition) is 2. The first kappa shape index (κ1) is 14.5. The Morgan fingerprint density at radius 1 is 1.32 bits per heavy atom. The number of hydrogen-bond donors (Lipinski definition) is 1. The maximum absolute atomic E-state index is 13.3. The van der Waals surface area contributed by atoms with Gasteiger partial charge in [-0.2, -0.15) is 0 Å². The van der Waals surface area contributed by atoms with Crippen LogP contribution in [0.5, 0.6) is 0 Å². The van der Waals surface area contributed by atoms with Crippen LogP contribution >= 0.6 is 0 Å². The number of aryl methyl sites for hydroxylation is 1. The molecule has 0 aliphatic carbocycles. The number of rotatable bonds is 5. The Hall–Kier alpha value is -0.930. The third-order valence-corrected chi connectivity index (χ3v) is 4.10. The first-order valence-electron chi connectivity index (χ1n) is 7.37. The quantitative estimate of drug-likeness (QED) is 0.879. The zero-order valence-electron chi connectivity index (χ0n) is 12.1. The topological polar surface area (TPSA) is 15.3 Å². The van der Waals surface area contributed by atoms with Crippen LogP contribution in [0.15, 0.2) is 18.2 Å². The van der Waals surface area contributed by atoms with E-state index in [1.165, 1.54) is 18.4 Å². The minimum Gasteiger partial charge on any atom is -0.317 e. The molecule has 0 unspecified atom stereocenters. The molecule has 1 aromatic rings. The molecule has 0 bridgehead atoms. The van der Waals surface area contributed by atoms with Gasteiger partial charge in [0.15, 0.2) is 0 Å². The zero-order chi connectivity index (χ0) is 13.7. The first-order chi connectivity index (χ1) is 9.19. The van der Waals surface area contributed by atoms with Gasteiger partial charge < -0.3 is 5.32 Å². The van der Waals surface area contributed by atoms with Gasteiger partial charge >= 0.3 is 0 Å². The standard InChI is InChI=1S/C16H25FN2/c1-3-18-11-14-6-8-19(9-7-14)12-15-10-16(17)5-4-13(15)2/h4-5,10,14,18H,3,6-9,11-12H2,1-2H3. The highest BCUT2D eigenvalue weighted by Crippen LogP contribution is 2.20. The maximum atomic E-state index is 13.3. The minimum atomic E-state index is -0.123. The molecule has 1 aliphatic heterocycles. The molecule has 0 spiro atoms. The normalized spacial score (nSPS) is 17.8. The summed E-state index contributed by atoms with van der Waals surface area (Å²) in [7, 11) is 0. The highest BCUT2D eigenvalue weighted by Gasteiger charge is 2.19. The highest BCUT2D eigenvalue weighted by molar-refractivity contribution is 5.26. The van der Waals surface area contributed by atoms with Gasteiger partial charge in [0.2, 0.25) is 0 Å². The smallest absolute Gasteiger partial charge is 0.123 e. The van der Waals surface area contributed by atoms with Crippen LogP contribution in [0.3, 0.4) is 0 Å². The van der Waals surface area contributed by atoms with Crippen molar-refractivity contribution in [1.29, 1.82) is 0 Å². The number of piperidine rings is 1. The average molecular weight is 264 g/mol. The third-order valence-electron chi connectivity index (χ3n) is 4.10. The summed E-state index contributed by atoms with van der Waals surface area (Å²) in [5, 5.41) is 3.43. The SMILES string of the molecule is CCNCC1CCN(Cc2cc(F)ccc2C)CC1. The van der Waals surface area contributed by atoms with Crippen molar-refractivity contribution in [3.05, 3.63) is 35.1 Å². The molecule has 1 heterocycles. The molecular weight excluding hydrogens is 239 g/mol. The molecule has 1 saturated heterocycles.